The molecule has 0 atom stereocenters. The summed E-state index contributed by atoms with van der Waals surface area (Å²) in [5.74, 6) is 1.45. The first-order valence-electron chi connectivity index (χ1n) is 9.72. The van der Waals surface area contributed by atoms with Crippen LogP contribution in [0.25, 0.3) is 16.6 Å². The Hall–Kier alpha value is -3.69. The highest BCUT2D eigenvalue weighted by molar-refractivity contribution is 7.89. The van der Waals surface area contributed by atoms with Gasteiger partial charge in [0, 0.05) is 0 Å². The molecule has 0 aliphatic carbocycles. The Bertz CT molecular complexity index is 1410. The first kappa shape index (κ1) is 21.5. The molecule has 0 fully saturated rings. The average Bonchev–Trinajstić information content (AvgIpc) is 2.83. The average molecular weight is 452 g/mol. The second-order valence-corrected chi connectivity index (χ2v) is 8.65. The van der Waals surface area contributed by atoms with Crippen LogP contribution in [0.1, 0.15) is 5.82 Å². The van der Waals surface area contributed by atoms with Crippen LogP contribution in [0.2, 0.25) is 0 Å². The van der Waals surface area contributed by atoms with Gasteiger partial charge in [-0.1, -0.05) is 12.1 Å². The molecule has 0 saturated carbocycles. The van der Waals surface area contributed by atoms with Crippen LogP contribution in [0, 0.1) is 0 Å². The van der Waals surface area contributed by atoms with E-state index in [2.05, 4.69) is 9.71 Å². The van der Waals surface area contributed by atoms with Crippen LogP contribution >= 0.6 is 0 Å². The van der Waals surface area contributed by atoms with Gasteiger partial charge in [0.1, 0.15) is 17.3 Å². The number of aromatic nitrogens is 2. The van der Waals surface area contributed by atoms with E-state index in [1.807, 2.05) is 0 Å². The van der Waals surface area contributed by atoms with Gasteiger partial charge in [-0.2, -0.15) is 0 Å². The number of nitrogens with one attached hydrogen (secondary N) is 1. The zero-order valence-electron chi connectivity index (χ0n) is 17.5. The summed E-state index contributed by atoms with van der Waals surface area (Å²) in [7, 11) is -0.781. The molecule has 9 heteroatoms. The highest BCUT2D eigenvalue weighted by Crippen LogP contribution is 2.18. The molecular formula is C23H21N3O5S. The third kappa shape index (κ3) is 4.20. The lowest BCUT2D eigenvalue weighted by Gasteiger charge is -2.15. The molecule has 1 aromatic heterocycles. The fourth-order valence-electron chi connectivity index (χ4n) is 3.29. The highest BCUT2D eigenvalue weighted by Gasteiger charge is 2.18. The van der Waals surface area contributed by atoms with Crippen molar-refractivity contribution in [2.24, 2.45) is 0 Å². The predicted octanol–water partition coefficient (Wildman–Crippen LogP) is 2.88. The number of ether oxygens (including phenoxy) is 2. The maximum absolute atomic E-state index is 13.3. The highest BCUT2D eigenvalue weighted by atomic mass is 32.2. The maximum atomic E-state index is 13.3. The molecule has 4 rings (SSSR count). The van der Waals surface area contributed by atoms with Crippen molar-refractivity contribution in [2.45, 2.75) is 11.4 Å². The molecular weight excluding hydrogens is 430 g/mol. The summed E-state index contributed by atoms with van der Waals surface area (Å²) in [5.41, 5.74) is 0.744. The van der Waals surface area contributed by atoms with Crippen molar-refractivity contribution < 1.29 is 17.9 Å². The monoisotopic (exact) mass is 451 g/mol. The SMILES string of the molecule is COc1ccc(-n2c(CNS(=O)(=O)c3ccc(OC)cc3)nc3ccccc3c2=O)cc1. The summed E-state index contributed by atoms with van der Waals surface area (Å²) in [6.45, 7) is -0.180. The Morgan fingerprint density at radius 2 is 1.47 bits per heavy atom. The normalized spacial score (nSPS) is 11.4. The van der Waals surface area contributed by atoms with Gasteiger partial charge in [-0.25, -0.2) is 18.1 Å². The maximum Gasteiger partial charge on any atom is 0.266 e. The van der Waals surface area contributed by atoms with E-state index < -0.39 is 10.0 Å². The first-order valence-corrected chi connectivity index (χ1v) is 11.2. The van der Waals surface area contributed by atoms with Crippen molar-refractivity contribution >= 4 is 20.9 Å². The van der Waals surface area contributed by atoms with Crippen molar-refractivity contribution in [1.29, 1.82) is 0 Å². The topological polar surface area (TPSA) is 99.5 Å². The van der Waals surface area contributed by atoms with Crippen LogP contribution in [0.3, 0.4) is 0 Å². The Kier molecular flexibility index (Phi) is 5.93. The lowest BCUT2D eigenvalue weighted by atomic mass is 10.2. The van der Waals surface area contributed by atoms with Gasteiger partial charge in [-0.05, 0) is 60.7 Å². The molecule has 0 aliphatic heterocycles. The van der Waals surface area contributed by atoms with E-state index in [0.29, 0.717) is 28.1 Å². The Balaban J connectivity index is 1.75. The summed E-state index contributed by atoms with van der Waals surface area (Å²) in [6, 6.07) is 19.9. The van der Waals surface area contributed by atoms with Crippen molar-refractivity contribution in [3.63, 3.8) is 0 Å². The molecule has 0 bridgehead atoms. The van der Waals surface area contributed by atoms with E-state index in [9.17, 15) is 13.2 Å². The van der Waals surface area contributed by atoms with E-state index in [-0.39, 0.29) is 22.8 Å². The third-order valence-corrected chi connectivity index (χ3v) is 6.38. The van der Waals surface area contributed by atoms with Crippen molar-refractivity contribution in [2.75, 3.05) is 14.2 Å². The summed E-state index contributed by atoms with van der Waals surface area (Å²) in [4.78, 5) is 17.9. The summed E-state index contributed by atoms with van der Waals surface area (Å²) in [6.07, 6.45) is 0. The molecule has 8 nitrogen and oxygen atoms in total. The van der Waals surface area contributed by atoms with E-state index in [0.717, 1.165) is 0 Å². The van der Waals surface area contributed by atoms with Crippen LogP contribution in [0.4, 0.5) is 0 Å². The smallest absolute Gasteiger partial charge is 0.266 e. The fraction of sp³-hybridized carbons (Fsp3) is 0.130. The number of methoxy groups -OCH3 is 2. The number of sulfonamides is 1. The van der Waals surface area contributed by atoms with Gasteiger partial charge < -0.3 is 9.47 Å². The number of hydrogen-bond donors (Lipinski definition) is 1. The standard InChI is InChI=1S/C23H21N3O5S/c1-30-17-9-7-16(8-10-17)26-22(25-21-6-4-3-5-20(21)23(26)27)15-24-32(28,29)19-13-11-18(31-2)12-14-19/h3-14,24H,15H2,1-2H3. The minimum absolute atomic E-state index is 0.0810. The van der Waals surface area contributed by atoms with Crippen molar-refractivity contribution in [3.8, 4) is 17.2 Å². The molecule has 0 amide bonds. The van der Waals surface area contributed by atoms with Crippen LogP contribution in [0.15, 0.2) is 82.5 Å². The van der Waals surface area contributed by atoms with E-state index >= 15 is 0 Å². The number of hydrogen-bond acceptors (Lipinski definition) is 6. The molecule has 0 spiro atoms. The molecule has 0 saturated heterocycles. The summed E-state index contributed by atoms with van der Waals surface area (Å²) < 4.78 is 39.8. The van der Waals surface area contributed by atoms with Crippen LogP contribution in [-0.2, 0) is 16.6 Å². The third-order valence-electron chi connectivity index (χ3n) is 4.97. The molecule has 0 radical (unpaired) electrons. The number of fused-ring (bicyclic) bond motifs is 1. The van der Waals surface area contributed by atoms with E-state index in [4.69, 9.17) is 9.47 Å². The zero-order valence-corrected chi connectivity index (χ0v) is 18.3. The molecule has 4 aromatic rings. The quantitative estimate of drug-likeness (QED) is 0.464. The van der Waals surface area contributed by atoms with Crippen LogP contribution in [-0.4, -0.2) is 32.2 Å². The lowest BCUT2D eigenvalue weighted by Crippen LogP contribution is -2.30. The molecule has 1 N–H and O–H groups in total. The Labute approximate surface area is 185 Å². The second-order valence-electron chi connectivity index (χ2n) is 6.88. The van der Waals surface area contributed by atoms with Gasteiger partial charge in [0.05, 0.1) is 42.3 Å². The first-order chi connectivity index (χ1) is 15.4. The molecule has 164 valence electrons. The number of para-hydroxylation sites is 1. The van der Waals surface area contributed by atoms with Gasteiger partial charge in [-0.15, -0.1) is 0 Å². The second kappa shape index (κ2) is 8.81. The van der Waals surface area contributed by atoms with Gasteiger partial charge in [-0.3, -0.25) is 9.36 Å². The Morgan fingerprint density at radius 3 is 2.09 bits per heavy atom. The van der Waals surface area contributed by atoms with Gasteiger partial charge >= 0.3 is 0 Å². The molecule has 1 heterocycles. The van der Waals surface area contributed by atoms with Crippen LogP contribution in [0.5, 0.6) is 11.5 Å². The van der Waals surface area contributed by atoms with Gasteiger partial charge in [0.25, 0.3) is 5.56 Å². The lowest BCUT2D eigenvalue weighted by molar-refractivity contribution is 0.414. The van der Waals surface area contributed by atoms with Gasteiger partial charge in [0.15, 0.2) is 0 Å². The minimum atomic E-state index is -3.84. The van der Waals surface area contributed by atoms with Crippen molar-refractivity contribution in [3.05, 3.63) is 89.0 Å². The number of benzene rings is 3. The van der Waals surface area contributed by atoms with Crippen LogP contribution < -0.4 is 19.8 Å². The Morgan fingerprint density at radius 1 is 0.875 bits per heavy atom. The van der Waals surface area contributed by atoms with Gasteiger partial charge in [0.2, 0.25) is 10.0 Å². The van der Waals surface area contributed by atoms with Crippen molar-refractivity contribution in [1.82, 2.24) is 14.3 Å². The molecule has 3 aromatic carbocycles. The van der Waals surface area contributed by atoms with E-state index in [1.165, 1.54) is 23.8 Å². The predicted molar refractivity (Wildman–Crippen MR) is 121 cm³/mol. The zero-order chi connectivity index (χ0) is 22.7. The molecule has 0 aliphatic rings. The van der Waals surface area contributed by atoms with E-state index in [1.54, 1.807) is 67.8 Å². The summed E-state index contributed by atoms with van der Waals surface area (Å²) >= 11 is 0. The minimum Gasteiger partial charge on any atom is -0.497 e. The molecule has 32 heavy (non-hydrogen) atoms. The number of nitrogens with zero attached hydrogens (tertiary/aromatic N) is 2. The fourth-order valence-corrected chi connectivity index (χ4v) is 4.27. The number of rotatable bonds is 7. The molecule has 0 unspecified atom stereocenters. The largest absolute Gasteiger partial charge is 0.497 e. The summed E-state index contributed by atoms with van der Waals surface area (Å²) in [5, 5.41) is 0.435.